The van der Waals surface area contributed by atoms with Gasteiger partial charge >= 0.3 is 0 Å². The number of ketones is 1. The summed E-state index contributed by atoms with van der Waals surface area (Å²) in [6.45, 7) is 1.76. The molecule has 1 aromatic carbocycles. The van der Waals surface area contributed by atoms with Crippen molar-refractivity contribution in [2.24, 2.45) is 0 Å². The maximum atomic E-state index is 14.8. The molecule has 4 saturated heterocycles. The van der Waals surface area contributed by atoms with E-state index in [4.69, 9.17) is 0 Å². The Morgan fingerprint density at radius 3 is 2.52 bits per heavy atom. The van der Waals surface area contributed by atoms with E-state index >= 15 is 0 Å². The van der Waals surface area contributed by atoms with E-state index in [0.717, 1.165) is 12.5 Å². The molecule has 9 heteroatoms. The number of fused-ring (bicyclic) bond motifs is 3. The number of aldehydes is 1. The Bertz CT molecular complexity index is 884. The highest BCUT2D eigenvalue weighted by molar-refractivity contribution is 6.27. The van der Waals surface area contributed by atoms with Crippen LogP contribution in [0.5, 0.6) is 0 Å². The summed E-state index contributed by atoms with van der Waals surface area (Å²) in [5, 5.41) is 6.39. The fraction of sp³-hybridized carbons (Fsp3) is 0.550. The highest BCUT2D eigenvalue weighted by Gasteiger charge is 2.43. The second kappa shape index (κ2) is 6.84. The number of piperidine rings is 2. The Morgan fingerprint density at radius 2 is 1.90 bits per heavy atom. The number of hydrogen-bond donors (Lipinski definition) is 2. The molecule has 4 fully saturated rings. The molecule has 7 nitrogen and oxygen atoms in total. The lowest BCUT2D eigenvalue weighted by atomic mass is 9.90. The van der Waals surface area contributed by atoms with Gasteiger partial charge in [-0.2, -0.15) is 0 Å². The first-order chi connectivity index (χ1) is 14.0. The molecule has 0 aromatic heterocycles. The summed E-state index contributed by atoms with van der Waals surface area (Å²) in [7, 11) is 0. The lowest BCUT2D eigenvalue weighted by molar-refractivity contribution is -0.131. The molecule has 2 N–H and O–H groups in total. The number of carbonyl (C=O) groups excluding carboxylic acids is 3. The van der Waals surface area contributed by atoms with Crippen molar-refractivity contribution in [1.82, 2.24) is 15.5 Å². The number of anilines is 1. The van der Waals surface area contributed by atoms with Gasteiger partial charge in [-0.15, -0.1) is 0 Å². The summed E-state index contributed by atoms with van der Waals surface area (Å²) >= 11 is 0. The number of halogens is 2. The van der Waals surface area contributed by atoms with Gasteiger partial charge in [0.05, 0.1) is 17.3 Å². The quantitative estimate of drug-likeness (QED) is 0.557. The van der Waals surface area contributed by atoms with Crippen LogP contribution < -0.4 is 15.5 Å². The number of nitrogens with one attached hydrogen (secondary N) is 2. The van der Waals surface area contributed by atoms with Gasteiger partial charge in [0.15, 0.2) is 6.29 Å². The Kier molecular flexibility index (Phi) is 4.40. The van der Waals surface area contributed by atoms with Crippen LogP contribution in [0.2, 0.25) is 0 Å². The molecule has 4 atom stereocenters. The normalized spacial score (nSPS) is 30.8. The van der Waals surface area contributed by atoms with Crippen molar-refractivity contribution in [3.05, 3.63) is 28.8 Å². The third-order valence-electron chi connectivity index (χ3n) is 6.64. The molecule has 5 aliphatic rings. The Morgan fingerprint density at radius 1 is 1.17 bits per heavy atom. The summed E-state index contributed by atoms with van der Waals surface area (Å²) in [5.41, 5.74) is 0.714. The van der Waals surface area contributed by atoms with E-state index in [1.807, 2.05) is 4.90 Å². The minimum absolute atomic E-state index is 0.0419. The predicted octanol–water partition coefficient (Wildman–Crippen LogP) is 0.360. The van der Waals surface area contributed by atoms with E-state index in [9.17, 15) is 23.2 Å². The third kappa shape index (κ3) is 2.95. The monoisotopic (exact) mass is 404 g/mol. The van der Waals surface area contributed by atoms with Crippen molar-refractivity contribution in [2.75, 3.05) is 24.5 Å². The van der Waals surface area contributed by atoms with Crippen LogP contribution in [0.3, 0.4) is 0 Å². The average molecular weight is 404 g/mol. The first kappa shape index (κ1) is 18.6. The summed E-state index contributed by atoms with van der Waals surface area (Å²) in [5.74, 6) is -2.40. The van der Waals surface area contributed by atoms with E-state index in [2.05, 4.69) is 10.6 Å². The standard InChI is InChI=1S/C20H22F2N4O3/c21-14-4-15(22)19(25-6-10-3-11(7-25)24-10)13-8-26(20(29)18(13)14)12-1-2-16(23-5-12)17(28)9-27/h4,9-12,16,23-24H,1-3,5-8H2. The van der Waals surface area contributed by atoms with Crippen LogP contribution in [-0.2, 0) is 16.1 Å². The van der Waals surface area contributed by atoms with E-state index in [-0.39, 0.29) is 18.2 Å². The minimum Gasteiger partial charge on any atom is -0.366 e. The summed E-state index contributed by atoms with van der Waals surface area (Å²) in [6.07, 6.45) is 2.31. The molecule has 0 aliphatic carbocycles. The zero-order chi connectivity index (χ0) is 20.3. The maximum absolute atomic E-state index is 14.8. The zero-order valence-electron chi connectivity index (χ0n) is 15.8. The first-order valence-electron chi connectivity index (χ1n) is 10.0. The molecular weight excluding hydrogens is 382 g/mol. The van der Waals surface area contributed by atoms with Gasteiger partial charge in [0.2, 0.25) is 5.78 Å². The summed E-state index contributed by atoms with van der Waals surface area (Å²) in [4.78, 5) is 38.7. The predicted molar refractivity (Wildman–Crippen MR) is 99.7 cm³/mol. The molecule has 0 spiro atoms. The molecule has 29 heavy (non-hydrogen) atoms. The molecule has 6 rings (SSSR count). The first-order valence-corrected chi connectivity index (χ1v) is 10.0. The van der Waals surface area contributed by atoms with E-state index in [0.29, 0.717) is 62.1 Å². The van der Waals surface area contributed by atoms with Crippen molar-refractivity contribution in [1.29, 1.82) is 0 Å². The van der Waals surface area contributed by atoms with Gasteiger partial charge in [-0.1, -0.05) is 0 Å². The van der Waals surface area contributed by atoms with Crippen LogP contribution in [0.4, 0.5) is 14.5 Å². The van der Waals surface area contributed by atoms with Crippen molar-refractivity contribution in [3.63, 3.8) is 0 Å². The molecule has 5 aliphatic heterocycles. The summed E-state index contributed by atoms with van der Waals surface area (Å²) < 4.78 is 29.4. The van der Waals surface area contributed by atoms with Crippen molar-refractivity contribution >= 4 is 23.7 Å². The van der Waals surface area contributed by atoms with Gasteiger partial charge < -0.3 is 20.4 Å². The maximum Gasteiger partial charge on any atom is 0.257 e. The number of hydrogen-bond acceptors (Lipinski definition) is 6. The van der Waals surface area contributed by atoms with Crippen LogP contribution in [0, 0.1) is 11.6 Å². The van der Waals surface area contributed by atoms with Crippen molar-refractivity contribution < 1.29 is 23.2 Å². The van der Waals surface area contributed by atoms with Crippen LogP contribution in [0.15, 0.2) is 6.07 Å². The highest BCUT2D eigenvalue weighted by atomic mass is 19.1. The molecule has 154 valence electrons. The van der Waals surface area contributed by atoms with E-state index in [1.54, 1.807) is 4.90 Å². The molecular formula is C20H22F2N4O3. The fourth-order valence-electron chi connectivity index (χ4n) is 5.19. The number of nitrogens with zero attached hydrogens (tertiary/aromatic N) is 2. The minimum atomic E-state index is -0.827. The molecule has 0 radical (unpaired) electrons. The van der Waals surface area contributed by atoms with Crippen molar-refractivity contribution in [3.8, 4) is 0 Å². The number of Topliss-reactive ketones (excluding diaryl/α,β-unsaturated/α-hetero) is 1. The number of carbonyl (C=O) groups is 3. The molecule has 5 heterocycles. The Labute approximate surface area is 166 Å². The smallest absolute Gasteiger partial charge is 0.257 e. The lowest BCUT2D eigenvalue weighted by Gasteiger charge is -2.49. The SMILES string of the molecule is O=CC(=O)C1CCC(N2Cc3c(c(F)cc(F)c3N3CC4CC(C3)N4)C2=O)CN1. The number of piperazine rings is 1. The van der Waals surface area contributed by atoms with Gasteiger partial charge in [0.1, 0.15) is 11.6 Å². The highest BCUT2D eigenvalue weighted by Crippen LogP contribution is 2.39. The van der Waals surface area contributed by atoms with E-state index < -0.39 is 29.4 Å². The Hall–Kier alpha value is -2.39. The number of rotatable bonds is 4. The second-order valence-corrected chi connectivity index (χ2v) is 8.39. The lowest BCUT2D eigenvalue weighted by Crippen LogP contribution is -2.67. The van der Waals surface area contributed by atoms with Gasteiger partial charge in [0, 0.05) is 55.9 Å². The molecule has 0 saturated carbocycles. The molecule has 1 aromatic rings. The van der Waals surface area contributed by atoms with Gasteiger partial charge in [-0.3, -0.25) is 14.4 Å². The number of amides is 1. The van der Waals surface area contributed by atoms with Crippen LogP contribution in [-0.4, -0.2) is 66.7 Å². The zero-order valence-corrected chi connectivity index (χ0v) is 15.8. The van der Waals surface area contributed by atoms with Crippen LogP contribution in [0.1, 0.15) is 35.2 Å². The van der Waals surface area contributed by atoms with Crippen LogP contribution >= 0.6 is 0 Å². The molecule has 1 amide bonds. The van der Waals surface area contributed by atoms with Crippen molar-refractivity contribution in [2.45, 2.75) is 50.0 Å². The van der Waals surface area contributed by atoms with Gasteiger partial charge in [0.25, 0.3) is 5.91 Å². The Balaban J connectivity index is 1.40. The van der Waals surface area contributed by atoms with Gasteiger partial charge in [-0.05, 0) is 19.3 Å². The van der Waals surface area contributed by atoms with Gasteiger partial charge in [-0.25, -0.2) is 8.78 Å². The molecule has 2 bridgehead atoms. The third-order valence-corrected chi connectivity index (χ3v) is 6.64. The second-order valence-electron chi connectivity index (χ2n) is 8.39. The van der Waals surface area contributed by atoms with E-state index in [1.165, 1.54) is 0 Å². The molecule has 4 unspecified atom stereocenters. The number of benzene rings is 1. The largest absolute Gasteiger partial charge is 0.366 e. The fourth-order valence-corrected chi connectivity index (χ4v) is 5.19. The topological polar surface area (TPSA) is 81.8 Å². The average Bonchev–Trinajstić information content (AvgIpc) is 3.04. The summed E-state index contributed by atoms with van der Waals surface area (Å²) in [6, 6.07) is 0.647. The van der Waals surface area contributed by atoms with Crippen LogP contribution in [0.25, 0.3) is 0 Å².